The van der Waals surface area contributed by atoms with Crippen LogP contribution in [0.5, 0.6) is 5.75 Å². The minimum Gasteiger partial charge on any atom is -0.508 e. The van der Waals surface area contributed by atoms with E-state index in [4.69, 9.17) is 0 Å². The number of aromatic nitrogens is 2. The Bertz CT molecular complexity index is 784. The molecule has 0 aliphatic heterocycles. The average molecular weight is 269 g/mol. The van der Waals surface area contributed by atoms with Crippen molar-refractivity contribution in [1.82, 2.24) is 9.97 Å². The number of fused-ring (bicyclic) bond motifs is 1. The van der Waals surface area contributed by atoms with Crippen molar-refractivity contribution < 1.29 is 9.50 Å². The first-order chi connectivity index (χ1) is 9.65. The van der Waals surface area contributed by atoms with E-state index >= 15 is 0 Å². The summed E-state index contributed by atoms with van der Waals surface area (Å²) in [6, 6.07) is 8.04. The molecule has 0 radical (unpaired) electrons. The predicted molar refractivity (Wildman–Crippen MR) is 75.6 cm³/mol. The summed E-state index contributed by atoms with van der Waals surface area (Å²) >= 11 is 0. The van der Waals surface area contributed by atoms with Gasteiger partial charge in [0.1, 0.15) is 11.6 Å². The summed E-state index contributed by atoms with van der Waals surface area (Å²) in [4.78, 5) is 8.29. The molecule has 0 spiro atoms. The van der Waals surface area contributed by atoms with E-state index < -0.39 is 5.82 Å². The fourth-order valence-electron chi connectivity index (χ4n) is 1.99. The summed E-state index contributed by atoms with van der Waals surface area (Å²) in [5.74, 6) is -0.375. The summed E-state index contributed by atoms with van der Waals surface area (Å²) in [7, 11) is 0. The lowest BCUT2D eigenvalue weighted by atomic mass is 10.1. The van der Waals surface area contributed by atoms with Gasteiger partial charge in [0.25, 0.3) is 0 Å². The smallest absolute Gasteiger partial charge is 0.161 e. The van der Waals surface area contributed by atoms with Gasteiger partial charge in [0.2, 0.25) is 0 Å². The van der Waals surface area contributed by atoms with E-state index in [1.807, 2.05) is 6.07 Å². The number of rotatable bonds is 2. The molecule has 2 heterocycles. The van der Waals surface area contributed by atoms with E-state index in [0.717, 1.165) is 5.39 Å². The van der Waals surface area contributed by atoms with Crippen LogP contribution < -0.4 is 5.32 Å². The fraction of sp³-hybridized carbons (Fsp3) is 0.0667. The zero-order valence-corrected chi connectivity index (χ0v) is 10.8. The second-order valence-electron chi connectivity index (χ2n) is 4.48. The van der Waals surface area contributed by atoms with Crippen molar-refractivity contribution in [2.75, 3.05) is 5.32 Å². The van der Waals surface area contributed by atoms with Crippen molar-refractivity contribution in [1.29, 1.82) is 0 Å². The third-order valence-electron chi connectivity index (χ3n) is 3.07. The Kier molecular flexibility index (Phi) is 2.95. The summed E-state index contributed by atoms with van der Waals surface area (Å²) < 4.78 is 13.9. The van der Waals surface area contributed by atoms with Crippen LogP contribution >= 0.6 is 0 Å². The van der Waals surface area contributed by atoms with Crippen molar-refractivity contribution in [3.05, 3.63) is 54.1 Å². The van der Waals surface area contributed by atoms with Crippen LogP contribution in [0.3, 0.4) is 0 Å². The van der Waals surface area contributed by atoms with Crippen LogP contribution in [0.4, 0.5) is 15.8 Å². The second-order valence-corrected chi connectivity index (χ2v) is 4.48. The number of nitrogens with one attached hydrogen (secondary N) is 1. The van der Waals surface area contributed by atoms with Crippen molar-refractivity contribution in [3.63, 3.8) is 0 Å². The van der Waals surface area contributed by atoms with Gasteiger partial charge in [-0.05, 0) is 36.8 Å². The Morgan fingerprint density at radius 3 is 2.75 bits per heavy atom. The number of hydrogen-bond acceptors (Lipinski definition) is 4. The van der Waals surface area contributed by atoms with Crippen LogP contribution in [-0.2, 0) is 0 Å². The number of aryl methyl sites for hydroxylation is 1. The molecule has 3 rings (SSSR count). The fourth-order valence-corrected chi connectivity index (χ4v) is 1.99. The van der Waals surface area contributed by atoms with E-state index in [1.54, 1.807) is 31.5 Å². The zero-order chi connectivity index (χ0) is 14.1. The summed E-state index contributed by atoms with van der Waals surface area (Å²) in [5.41, 5.74) is 1.97. The number of nitrogens with zero attached hydrogens (tertiary/aromatic N) is 2. The van der Waals surface area contributed by atoms with Crippen molar-refractivity contribution in [3.8, 4) is 5.75 Å². The quantitative estimate of drug-likeness (QED) is 0.747. The maximum atomic E-state index is 13.9. The highest BCUT2D eigenvalue weighted by atomic mass is 19.1. The van der Waals surface area contributed by atoms with Crippen molar-refractivity contribution >= 4 is 22.4 Å². The van der Waals surface area contributed by atoms with Crippen LogP contribution in [0.15, 0.2) is 42.7 Å². The summed E-state index contributed by atoms with van der Waals surface area (Å²) in [6.07, 6.45) is 3.25. The average Bonchev–Trinajstić information content (AvgIpc) is 2.45. The lowest BCUT2D eigenvalue weighted by molar-refractivity contribution is 0.469. The van der Waals surface area contributed by atoms with Gasteiger partial charge in [-0.2, -0.15) is 0 Å². The minimum atomic E-state index is -0.422. The summed E-state index contributed by atoms with van der Waals surface area (Å²) in [5, 5.41) is 13.4. The number of halogens is 1. The molecule has 1 aromatic carbocycles. The summed E-state index contributed by atoms with van der Waals surface area (Å²) in [6.45, 7) is 1.65. The highest BCUT2D eigenvalue weighted by molar-refractivity contribution is 5.90. The van der Waals surface area contributed by atoms with E-state index in [0.29, 0.717) is 16.9 Å². The Morgan fingerprint density at radius 2 is 1.90 bits per heavy atom. The molecule has 4 nitrogen and oxygen atoms in total. The standard InChI is InChI=1S/C15H12FN3O/c1-9-7-11(16)13(8-14(9)20)19-12-4-6-18-15-10(12)3-2-5-17-15/h2-8,20H,1H3,(H,17,18,19). The number of hydrogen-bond donors (Lipinski definition) is 2. The molecule has 20 heavy (non-hydrogen) atoms. The monoisotopic (exact) mass is 269 g/mol. The first-order valence-corrected chi connectivity index (χ1v) is 6.11. The maximum absolute atomic E-state index is 13.9. The maximum Gasteiger partial charge on any atom is 0.161 e. The number of pyridine rings is 2. The van der Waals surface area contributed by atoms with Gasteiger partial charge in [-0.25, -0.2) is 14.4 Å². The number of anilines is 2. The topological polar surface area (TPSA) is 58.0 Å². The second kappa shape index (κ2) is 4.77. The third-order valence-corrected chi connectivity index (χ3v) is 3.07. The first-order valence-electron chi connectivity index (χ1n) is 6.11. The van der Waals surface area contributed by atoms with Gasteiger partial charge < -0.3 is 10.4 Å². The highest BCUT2D eigenvalue weighted by Crippen LogP contribution is 2.29. The van der Waals surface area contributed by atoms with Crippen LogP contribution in [0.1, 0.15) is 5.56 Å². The number of benzene rings is 1. The molecule has 100 valence electrons. The molecule has 3 aromatic rings. The number of phenolic OH excluding ortho intramolecular Hbond substituents is 1. The SMILES string of the molecule is Cc1cc(F)c(Nc2ccnc3ncccc23)cc1O. The molecule has 0 bridgehead atoms. The van der Waals surface area contributed by atoms with Gasteiger partial charge in [-0.3, -0.25) is 0 Å². The number of aromatic hydroxyl groups is 1. The molecule has 5 heteroatoms. The van der Waals surface area contributed by atoms with Crippen molar-refractivity contribution in [2.45, 2.75) is 6.92 Å². The van der Waals surface area contributed by atoms with Gasteiger partial charge in [-0.15, -0.1) is 0 Å². The first kappa shape index (κ1) is 12.3. The molecule has 0 aliphatic carbocycles. The molecule has 0 amide bonds. The molecular formula is C15H12FN3O. The van der Waals surface area contributed by atoms with Crippen LogP contribution in [0.2, 0.25) is 0 Å². The normalized spacial score (nSPS) is 10.7. The molecule has 2 aromatic heterocycles. The van der Waals surface area contributed by atoms with Crippen molar-refractivity contribution in [2.24, 2.45) is 0 Å². The van der Waals surface area contributed by atoms with E-state index in [-0.39, 0.29) is 11.4 Å². The zero-order valence-electron chi connectivity index (χ0n) is 10.8. The van der Waals surface area contributed by atoms with Gasteiger partial charge in [-0.1, -0.05) is 0 Å². The third kappa shape index (κ3) is 2.14. The van der Waals surface area contributed by atoms with Crippen LogP contribution in [0.25, 0.3) is 11.0 Å². The van der Waals surface area contributed by atoms with Gasteiger partial charge >= 0.3 is 0 Å². The van der Waals surface area contributed by atoms with Gasteiger partial charge in [0.15, 0.2) is 5.65 Å². The highest BCUT2D eigenvalue weighted by Gasteiger charge is 2.09. The Morgan fingerprint density at radius 1 is 1.10 bits per heavy atom. The Balaban J connectivity index is 2.08. The van der Waals surface area contributed by atoms with E-state index in [2.05, 4.69) is 15.3 Å². The molecule has 0 aliphatic rings. The van der Waals surface area contributed by atoms with Crippen LogP contribution in [-0.4, -0.2) is 15.1 Å². The van der Waals surface area contributed by atoms with Crippen LogP contribution in [0, 0.1) is 12.7 Å². The predicted octanol–water partition coefficient (Wildman–Crippen LogP) is 3.53. The van der Waals surface area contributed by atoms with Gasteiger partial charge in [0.05, 0.1) is 11.4 Å². The molecule has 0 fully saturated rings. The Hall–Kier alpha value is -2.69. The lowest BCUT2D eigenvalue weighted by Gasteiger charge is -2.11. The molecule has 0 unspecified atom stereocenters. The van der Waals surface area contributed by atoms with Gasteiger partial charge in [0, 0.05) is 23.8 Å². The molecule has 0 saturated carbocycles. The molecule has 0 atom stereocenters. The number of phenols is 1. The minimum absolute atomic E-state index is 0.0467. The molecule has 0 saturated heterocycles. The Labute approximate surface area is 114 Å². The van der Waals surface area contributed by atoms with E-state index in [1.165, 1.54) is 12.1 Å². The lowest BCUT2D eigenvalue weighted by Crippen LogP contribution is -1.96. The molecular weight excluding hydrogens is 257 g/mol. The van der Waals surface area contributed by atoms with E-state index in [9.17, 15) is 9.50 Å². The molecule has 2 N–H and O–H groups in total. The largest absolute Gasteiger partial charge is 0.508 e.